The van der Waals surface area contributed by atoms with Crippen LogP contribution in [0.5, 0.6) is 17.2 Å². The van der Waals surface area contributed by atoms with Crippen LogP contribution in [0.4, 0.5) is 18.9 Å². The van der Waals surface area contributed by atoms with Gasteiger partial charge in [-0.05, 0) is 31.2 Å². The Morgan fingerprint density at radius 1 is 1.22 bits per heavy atom. The molecule has 0 radical (unpaired) electrons. The molecule has 2 aromatic rings. The van der Waals surface area contributed by atoms with Gasteiger partial charge < -0.3 is 19.4 Å². The number of hydrogen-bond donors (Lipinski definition) is 0. The average Bonchev–Trinajstić information content (AvgIpc) is 2.56. The fourth-order valence-corrected chi connectivity index (χ4v) is 2.33. The molecule has 0 heterocycles. The highest BCUT2D eigenvalue weighted by Gasteiger charge is 2.33. The summed E-state index contributed by atoms with van der Waals surface area (Å²) >= 11 is 5.95. The maximum absolute atomic E-state index is 12.8. The van der Waals surface area contributed by atoms with E-state index in [0.717, 1.165) is 18.2 Å². The Bertz CT molecular complexity index is 900. The average molecular weight is 405 g/mol. The molecule has 0 unspecified atom stereocenters. The summed E-state index contributed by atoms with van der Waals surface area (Å²) in [5.41, 5.74) is -2.52. The van der Waals surface area contributed by atoms with Gasteiger partial charge in [-0.1, -0.05) is 11.6 Å². The second kappa shape index (κ2) is 7.70. The third kappa shape index (κ3) is 4.59. The van der Waals surface area contributed by atoms with Crippen LogP contribution in [0.1, 0.15) is 22.8 Å². The van der Waals surface area contributed by atoms with Crippen LogP contribution < -0.4 is 14.6 Å². The number of nitro groups is 1. The number of hydrogen-bond acceptors (Lipinski definition) is 6. The Morgan fingerprint density at radius 3 is 2.41 bits per heavy atom. The molecule has 0 fully saturated rings. The second-order valence-electron chi connectivity index (χ2n) is 5.05. The van der Waals surface area contributed by atoms with Crippen molar-refractivity contribution in [2.75, 3.05) is 6.61 Å². The minimum atomic E-state index is -4.78. The monoisotopic (exact) mass is 404 g/mol. The van der Waals surface area contributed by atoms with Crippen molar-refractivity contribution in [1.82, 2.24) is 0 Å². The molecule has 0 N–H and O–H groups in total. The van der Waals surface area contributed by atoms with Crippen molar-refractivity contribution >= 4 is 23.3 Å². The summed E-state index contributed by atoms with van der Waals surface area (Å²) in [7, 11) is 0. The van der Waals surface area contributed by atoms with Gasteiger partial charge in [-0.15, -0.1) is 0 Å². The maximum Gasteiger partial charge on any atom is 0.416 e. The zero-order valence-corrected chi connectivity index (χ0v) is 14.3. The number of ether oxygens (including phenoxy) is 2. The molecule has 144 valence electrons. The summed E-state index contributed by atoms with van der Waals surface area (Å²) in [6.07, 6.45) is -4.78. The number of carbonyl (C=O) groups is 1. The molecule has 0 aliphatic carbocycles. The number of aromatic carboxylic acids is 1. The van der Waals surface area contributed by atoms with Crippen molar-refractivity contribution in [2.24, 2.45) is 0 Å². The van der Waals surface area contributed by atoms with E-state index in [1.165, 1.54) is 0 Å². The number of benzene rings is 2. The van der Waals surface area contributed by atoms with E-state index >= 15 is 0 Å². The lowest BCUT2D eigenvalue weighted by atomic mass is 10.1. The van der Waals surface area contributed by atoms with Crippen molar-refractivity contribution < 1.29 is 37.5 Å². The van der Waals surface area contributed by atoms with E-state index in [1.807, 2.05) is 0 Å². The predicted molar refractivity (Wildman–Crippen MR) is 85.1 cm³/mol. The zero-order chi connectivity index (χ0) is 20.4. The van der Waals surface area contributed by atoms with Crippen LogP contribution in [0.15, 0.2) is 30.3 Å². The molecule has 0 aliphatic rings. The third-order valence-electron chi connectivity index (χ3n) is 3.24. The Morgan fingerprint density at radius 2 is 1.89 bits per heavy atom. The van der Waals surface area contributed by atoms with Gasteiger partial charge in [-0.3, -0.25) is 10.1 Å². The molecule has 2 rings (SSSR count). The summed E-state index contributed by atoms with van der Waals surface area (Å²) in [5, 5.41) is 21.8. The molecule has 0 aliphatic heterocycles. The number of alkyl halides is 3. The van der Waals surface area contributed by atoms with E-state index < -0.39 is 34.1 Å². The first-order valence-corrected chi connectivity index (χ1v) is 7.63. The van der Waals surface area contributed by atoms with Gasteiger partial charge in [-0.2, -0.15) is 13.2 Å². The molecule has 0 saturated heterocycles. The highest BCUT2D eigenvalue weighted by molar-refractivity contribution is 6.32. The second-order valence-corrected chi connectivity index (χ2v) is 5.45. The Balaban J connectivity index is 2.56. The lowest BCUT2D eigenvalue weighted by molar-refractivity contribution is -0.385. The molecule has 2 aromatic carbocycles. The number of carbonyl (C=O) groups excluding carboxylic acids is 1. The van der Waals surface area contributed by atoms with E-state index in [2.05, 4.69) is 0 Å². The molecule has 0 saturated carbocycles. The van der Waals surface area contributed by atoms with Crippen molar-refractivity contribution in [3.05, 3.63) is 56.6 Å². The van der Waals surface area contributed by atoms with Crippen LogP contribution in [0.3, 0.4) is 0 Å². The molecule has 7 nitrogen and oxygen atoms in total. The molecule has 11 heteroatoms. The van der Waals surface area contributed by atoms with Gasteiger partial charge in [0.15, 0.2) is 11.5 Å². The molecular formula is C16H10ClF3NO6-. The highest BCUT2D eigenvalue weighted by atomic mass is 35.5. The minimum absolute atomic E-state index is 0.0678. The van der Waals surface area contributed by atoms with Crippen LogP contribution in [-0.2, 0) is 6.18 Å². The lowest BCUT2D eigenvalue weighted by Gasteiger charge is -2.16. The van der Waals surface area contributed by atoms with E-state index in [1.54, 1.807) is 6.92 Å². The fourth-order valence-electron chi connectivity index (χ4n) is 2.08. The Labute approximate surface area is 155 Å². The van der Waals surface area contributed by atoms with Crippen LogP contribution in [0.25, 0.3) is 0 Å². The number of carboxylic acid groups (broad SMARTS) is 1. The molecular weight excluding hydrogens is 395 g/mol. The summed E-state index contributed by atoms with van der Waals surface area (Å²) < 4.78 is 48.8. The van der Waals surface area contributed by atoms with Crippen LogP contribution in [0.2, 0.25) is 5.02 Å². The predicted octanol–water partition coefficient (Wildman–Crippen LogP) is 3.82. The van der Waals surface area contributed by atoms with Crippen molar-refractivity contribution in [2.45, 2.75) is 13.1 Å². The number of carboxylic acids is 1. The molecule has 27 heavy (non-hydrogen) atoms. The third-order valence-corrected chi connectivity index (χ3v) is 3.52. The molecule has 0 bridgehead atoms. The first kappa shape index (κ1) is 20.3. The largest absolute Gasteiger partial charge is 0.545 e. The Kier molecular flexibility index (Phi) is 5.79. The summed E-state index contributed by atoms with van der Waals surface area (Å²) in [6.45, 7) is 1.64. The SMILES string of the molecule is CCOc1cc(C(=O)[O-])cc(Cl)c1Oc1ccc(C(F)(F)F)cc1[N+](=O)[O-]. The zero-order valence-electron chi connectivity index (χ0n) is 13.5. The highest BCUT2D eigenvalue weighted by Crippen LogP contribution is 2.43. The van der Waals surface area contributed by atoms with Crippen molar-refractivity contribution in [1.29, 1.82) is 0 Å². The van der Waals surface area contributed by atoms with E-state index in [9.17, 15) is 33.2 Å². The van der Waals surface area contributed by atoms with Gasteiger partial charge >= 0.3 is 11.9 Å². The van der Waals surface area contributed by atoms with E-state index in [4.69, 9.17) is 21.1 Å². The number of nitrogens with zero attached hydrogens (tertiary/aromatic N) is 1. The quantitative estimate of drug-likeness (QED) is 0.535. The van der Waals surface area contributed by atoms with Gasteiger partial charge in [0, 0.05) is 11.6 Å². The summed E-state index contributed by atoms with van der Waals surface area (Å²) in [6, 6.07) is 3.67. The van der Waals surface area contributed by atoms with Crippen molar-refractivity contribution in [3.8, 4) is 17.2 Å². The molecule has 0 aromatic heterocycles. The van der Waals surface area contributed by atoms with Crippen LogP contribution >= 0.6 is 11.6 Å². The molecule has 0 atom stereocenters. The summed E-state index contributed by atoms with van der Waals surface area (Å²) in [4.78, 5) is 21.1. The van der Waals surface area contributed by atoms with Gasteiger partial charge in [0.25, 0.3) is 0 Å². The molecule has 0 spiro atoms. The standard InChI is InChI=1S/C16H11ClF3NO6/c1-2-26-13-6-8(15(22)23)5-10(17)14(13)27-12-4-3-9(16(18,19)20)7-11(12)21(24)25/h3-7H,2H2,1H3,(H,22,23)/p-1. The smallest absolute Gasteiger partial charge is 0.416 e. The number of nitro benzene ring substituents is 1. The van der Waals surface area contributed by atoms with E-state index in [-0.39, 0.29) is 28.7 Å². The van der Waals surface area contributed by atoms with E-state index in [0.29, 0.717) is 12.1 Å². The molecule has 0 amide bonds. The van der Waals surface area contributed by atoms with Gasteiger partial charge in [0.2, 0.25) is 5.75 Å². The topological polar surface area (TPSA) is 102 Å². The van der Waals surface area contributed by atoms with Crippen LogP contribution in [-0.4, -0.2) is 17.5 Å². The lowest BCUT2D eigenvalue weighted by Crippen LogP contribution is -2.22. The number of halogens is 4. The first-order chi connectivity index (χ1) is 12.5. The van der Waals surface area contributed by atoms with Gasteiger partial charge in [0.1, 0.15) is 0 Å². The maximum atomic E-state index is 12.8. The fraction of sp³-hybridized carbons (Fsp3) is 0.188. The normalized spacial score (nSPS) is 11.1. The van der Waals surface area contributed by atoms with Gasteiger partial charge in [-0.25, -0.2) is 0 Å². The summed E-state index contributed by atoms with van der Waals surface area (Å²) in [5.74, 6) is -2.54. The minimum Gasteiger partial charge on any atom is -0.545 e. The first-order valence-electron chi connectivity index (χ1n) is 7.25. The van der Waals surface area contributed by atoms with Crippen molar-refractivity contribution in [3.63, 3.8) is 0 Å². The number of rotatable bonds is 6. The van der Waals surface area contributed by atoms with Gasteiger partial charge in [0.05, 0.1) is 28.1 Å². The Hall–Kier alpha value is -3.01. The van der Waals surface area contributed by atoms with Crippen LogP contribution in [0, 0.1) is 10.1 Å².